The standard InChI is InChI=1S/C14H10BrClF2O/c15-9-4-8(5-10(17)7-9)6-13(19)14-11(16)2-1-3-12(14)18/h1-5,7,13,19H,6H2. The predicted octanol–water partition coefficient (Wildman–Crippen LogP) is 4.66. The minimum absolute atomic E-state index is 0.0320. The van der Waals surface area contributed by atoms with Gasteiger partial charge < -0.3 is 5.11 Å². The second kappa shape index (κ2) is 5.99. The third-order valence-electron chi connectivity index (χ3n) is 2.68. The fraction of sp³-hybridized carbons (Fsp3) is 0.143. The summed E-state index contributed by atoms with van der Waals surface area (Å²) in [6.45, 7) is 0. The lowest BCUT2D eigenvalue weighted by Crippen LogP contribution is -2.05. The summed E-state index contributed by atoms with van der Waals surface area (Å²) in [5, 5.41) is 10.2. The second-order valence-corrected chi connectivity index (χ2v) is 5.46. The smallest absolute Gasteiger partial charge is 0.130 e. The maximum atomic E-state index is 13.6. The molecule has 0 saturated heterocycles. The normalized spacial score (nSPS) is 12.5. The van der Waals surface area contributed by atoms with Crippen molar-refractivity contribution in [2.75, 3.05) is 0 Å². The third kappa shape index (κ3) is 3.53. The van der Waals surface area contributed by atoms with Crippen LogP contribution >= 0.6 is 27.5 Å². The van der Waals surface area contributed by atoms with Gasteiger partial charge in [-0.15, -0.1) is 0 Å². The van der Waals surface area contributed by atoms with Crippen molar-refractivity contribution in [3.8, 4) is 0 Å². The first kappa shape index (κ1) is 14.4. The highest BCUT2D eigenvalue weighted by Crippen LogP contribution is 2.29. The SMILES string of the molecule is OC(Cc1cc(F)cc(Br)c1)c1c(F)cccc1Cl. The van der Waals surface area contributed by atoms with Crippen molar-refractivity contribution in [3.63, 3.8) is 0 Å². The highest BCUT2D eigenvalue weighted by atomic mass is 79.9. The van der Waals surface area contributed by atoms with Gasteiger partial charge in [0, 0.05) is 21.5 Å². The zero-order valence-electron chi connectivity index (χ0n) is 9.71. The van der Waals surface area contributed by atoms with Crippen LogP contribution in [0.5, 0.6) is 0 Å². The van der Waals surface area contributed by atoms with Crippen LogP contribution in [-0.4, -0.2) is 5.11 Å². The maximum Gasteiger partial charge on any atom is 0.130 e. The molecule has 2 aromatic carbocycles. The van der Waals surface area contributed by atoms with Gasteiger partial charge in [-0.3, -0.25) is 0 Å². The summed E-state index contributed by atoms with van der Waals surface area (Å²) in [6, 6.07) is 8.47. The number of aliphatic hydroxyl groups excluding tert-OH is 1. The molecule has 1 N–H and O–H groups in total. The number of halogens is 4. The fourth-order valence-electron chi connectivity index (χ4n) is 1.88. The summed E-state index contributed by atoms with van der Waals surface area (Å²) in [6.07, 6.45) is -1.04. The topological polar surface area (TPSA) is 20.2 Å². The Labute approximate surface area is 123 Å². The summed E-state index contributed by atoms with van der Waals surface area (Å²) in [5.74, 6) is -0.994. The molecule has 0 aliphatic carbocycles. The van der Waals surface area contributed by atoms with Crippen molar-refractivity contribution in [1.82, 2.24) is 0 Å². The van der Waals surface area contributed by atoms with Crippen molar-refractivity contribution in [1.29, 1.82) is 0 Å². The number of rotatable bonds is 3. The van der Waals surface area contributed by atoms with E-state index in [0.29, 0.717) is 10.0 Å². The molecule has 1 atom stereocenters. The molecule has 0 saturated carbocycles. The van der Waals surface area contributed by atoms with Crippen molar-refractivity contribution in [2.24, 2.45) is 0 Å². The van der Waals surface area contributed by atoms with E-state index >= 15 is 0 Å². The van der Waals surface area contributed by atoms with Crippen LogP contribution in [0.4, 0.5) is 8.78 Å². The van der Waals surface area contributed by atoms with Crippen LogP contribution in [-0.2, 0) is 6.42 Å². The van der Waals surface area contributed by atoms with Crippen molar-refractivity contribution in [3.05, 3.63) is 68.7 Å². The van der Waals surface area contributed by atoms with Gasteiger partial charge in [0.25, 0.3) is 0 Å². The molecular formula is C14H10BrClF2O. The Morgan fingerprint density at radius 2 is 1.95 bits per heavy atom. The highest BCUT2D eigenvalue weighted by Gasteiger charge is 2.17. The lowest BCUT2D eigenvalue weighted by atomic mass is 10.0. The Hall–Kier alpha value is -0.970. The average molecular weight is 348 g/mol. The quantitative estimate of drug-likeness (QED) is 0.856. The van der Waals surface area contributed by atoms with E-state index in [1.54, 1.807) is 6.07 Å². The first-order valence-corrected chi connectivity index (χ1v) is 6.71. The van der Waals surface area contributed by atoms with Crippen LogP contribution in [0, 0.1) is 11.6 Å². The molecule has 0 fully saturated rings. The molecule has 5 heteroatoms. The molecule has 0 bridgehead atoms. The minimum atomic E-state index is -1.12. The maximum absolute atomic E-state index is 13.6. The molecule has 1 nitrogen and oxygen atoms in total. The Bertz CT molecular complexity index is 563. The van der Waals surface area contributed by atoms with Crippen LogP contribution in [0.1, 0.15) is 17.2 Å². The second-order valence-electron chi connectivity index (χ2n) is 4.13. The van der Waals surface area contributed by atoms with E-state index in [0.717, 1.165) is 0 Å². The van der Waals surface area contributed by atoms with Gasteiger partial charge in [0.05, 0.1) is 6.10 Å². The lowest BCUT2D eigenvalue weighted by molar-refractivity contribution is 0.173. The van der Waals surface area contributed by atoms with Crippen molar-refractivity contribution >= 4 is 27.5 Å². The summed E-state index contributed by atoms with van der Waals surface area (Å²) in [7, 11) is 0. The van der Waals surface area contributed by atoms with E-state index in [9.17, 15) is 13.9 Å². The minimum Gasteiger partial charge on any atom is -0.388 e. The molecule has 0 aromatic heterocycles. The van der Waals surface area contributed by atoms with Gasteiger partial charge >= 0.3 is 0 Å². The van der Waals surface area contributed by atoms with Gasteiger partial charge in [-0.2, -0.15) is 0 Å². The molecule has 19 heavy (non-hydrogen) atoms. The van der Waals surface area contributed by atoms with Crippen LogP contribution in [0.3, 0.4) is 0 Å². The Kier molecular flexibility index (Phi) is 4.55. The van der Waals surface area contributed by atoms with Gasteiger partial charge in [-0.05, 0) is 35.9 Å². The summed E-state index contributed by atoms with van der Waals surface area (Å²) in [5.41, 5.74) is 0.586. The largest absolute Gasteiger partial charge is 0.388 e. The molecule has 0 heterocycles. The molecular weight excluding hydrogens is 338 g/mol. The molecule has 1 unspecified atom stereocenters. The zero-order valence-corrected chi connectivity index (χ0v) is 12.0. The van der Waals surface area contributed by atoms with Crippen molar-refractivity contribution in [2.45, 2.75) is 12.5 Å². The van der Waals surface area contributed by atoms with Gasteiger partial charge in [0.2, 0.25) is 0 Å². The lowest BCUT2D eigenvalue weighted by Gasteiger charge is -2.14. The Balaban J connectivity index is 2.28. The Morgan fingerprint density at radius 1 is 1.21 bits per heavy atom. The molecule has 100 valence electrons. The van der Waals surface area contributed by atoms with E-state index in [1.807, 2.05) is 0 Å². The van der Waals surface area contributed by atoms with Gasteiger partial charge in [-0.1, -0.05) is 33.6 Å². The van der Waals surface area contributed by atoms with Crippen LogP contribution in [0.2, 0.25) is 5.02 Å². The number of hydrogen-bond donors (Lipinski definition) is 1. The summed E-state index contributed by atoms with van der Waals surface area (Å²) >= 11 is 9.04. The molecule has 0 aliphatic heterocycles. The van der Waals surface area contributed by atoms with E-state index < -0.39 is 17.7 Å². The molecule has 0 aliphatic rings. The molecule has 0 spiro atoms. The molecule has 0 amide bonds. The van der Waals surface area contributed by atoms with E-state index in [-0.39, 0.29) is 17.0 Å². The number of hydrogen-bond acceptors (Lipinski definition) is 1. The Morgan fingerprint density at radius 3 is 2.58 bits per heavy atom. The van der Waals surface area contributed by atoms with E-state index in [2.05, 4.69) is 15.9 Å². The average Bonchev–Trinajstić information content (AvgIpc) is 2.26. The van der Waals surface area contributed by atoms with Crippen LogP contribution in [0.25, 0.3) is 0 Å². The third-order valence-corrected chi connectivity index (χ3v) is 3.47. The van der Waals surface area contributed by atoms with Crippen LogP contribution in [0.15, 0.2) is 40.9 Å². The molecule has 2 rings (SSSR count). The van der Waals surface area contributed by atoms with Crippen molar-refractivity contribution < 1.29 is 13.9 Å². The monoisotopic (exact) mass is 346 g/mol. The van der Waals surface area contributed by atoms with Gasteiger partial charge in [0.15, 0.2) is 0 Å². The summed E-state index contributed by atoms with van der Waals surface area (Å²) in [4.78, 5) is 0. The summed E-state index contributed by atoms with van der Waals surface area (Å²) < 4.78 is 27.4. The zero-order chi connectivity index (χ0) is 14.0. The molecule has 2 aromatic rings. The number of aliphatic hydroxyl groups is 1. The van der Waals surface area contributed by atoms with Gasteiger partial charge in [-0.25, -0.2) is 8.78 Å². The van der Waals surface area contributed by atoms with E-state index in [4.69, 9.17) is 11.6 Å². The molecule has 0 radical (unpaired) electrons. The predicted molar refractivity (Wildman–Crippen MR) is 74.2 cm³/mol. The fourth-order valence-corrected chi connectivity index (χ4v) is 2.68. The number of benzene rings is 2. The van der Waals surface area contributed by atoms with Crippen LogP contribution < -0.4 is 0 Å². The first-order chi connectivity index (χ1) is 8.97. The first-order valence-electron chi connectivity index (χ1n) is 5.54. The highest BCUT2D eigenvalue weighted by molar-refractivity contribution is 9.10. The van der Waals surface area contributed by atoms with E-state index in [1.165, 1.54) is 30.3 Å². The van der Waals surface area contributed by atoms with Gasteiger partial charge in [0.1, 0.15) is 11.6 Å².